The first-order valence-corrected chi connectivity index (χ1v) is 12.7. The Morgan fingerprint density at radius 3 is 2.28 bits per heavy atom. The molecule has 2 heterocycles. The maximum absolute atomic E-state index is 13.5. The zero-order valence-corrected chi connectivity index (χ0v) is 21.8. The standard InChI is InChI=1S/C30H28N2O3S/c1-17-15-18(2)24-22(16-17)36-29(31-24)32-25(19-11-13-21(14-12-19)30(3,4)5)23(27(34)28(32)35)26(33)20-9-7-6-8-10-20/h6-16,25,33H,1-5H3/t25-/m1/s1. The van der Waals surface area contributed by atoms with Gasteiger partial charge in [0.1, 0.15) is 5.76 Å². The first kappa shape index (κ1) is 23.9. The van der Waals surface area contributed by atoms with Gasteiger partial charge in [-0.3, -0.25) is 14.5 Å². The number of anilines is 1. The molecule has 1 atom stereocenters. The summed E-state index contributed by atoms with van der Waals surface area (Å²) in [5.41, 5.74) is 5.32. The number of amides is 1. The van der Waals surface area contributed by atoms with Gasteiger partial charge in [0.25, 0.3) is 5.78 Å². The highest BCUT2D eigenvalue weighted by Gasteiger charge is 2.48. The molecule has 0 unspecified atom stereocenters. The van der Waals surface area contributed by atoms with E-state index in [2.05, 4.69) is 26.8 Å². The molecule has 6 heteroatoms. The number of rotatable bonds is 3. The molecule has 3 aromatic carbocycles. The number of thiazole rings is 1. The molecule has 1 aliphatic heterocycles. The van der Waals surface area contributed by atoms with Crippen molar-refractivity contribution in [1.29, 1.82) is 0 Å². The zero-order valence-electron chi connectivity index (χ0n) is 21.0. The number of Topliss-reactive ketones (excluding diaryl/α,β-unsaturated/α-hetero) is 1. The molecule has 1 N–H and O–H groups in total. The lowest BCUT2D eigenvalue weighted by molar-refractivity contribution is -0.132. The fourth-order valence-corrected chi connectivity index (χ4v) is 5.89. The largest absolute Gasteiger partial charge is 0.507 e. The molecule has 1 saturated heterocycles. The van der Waals surface area contributed by atoms with E-state index < -0.39 is 17.7 Å². The van der Waals surface area contributed by atoms with Crippen LogP contribution in [0.15, 0.2) is 72.3 Å². The van der Waals surface area contributed by atoms with E-state index in [9.17, 15) is 14.7 Å². The molecular formula is C30H28N2O3S. The van der Waals surface area contributed by atoms with Crippen LogP contribution in [0.4, 0.5) is 5.13 Å². The van der Waals surface area contributed by atoms with E-state index in [4.69, 9.17) is 4.98 Å². The maximum Gasteiger partial charge on any atom is 0.301 e. The van der Waals surface area contributed by atoms with E-state index in [0.717, 1.165) is 32.5 Å². The number of hydrogen-bond acceptors (Lipinski definition) is 5. The summed E-state index contributed by atoms with van der Waals surface area (Å²) >= 11 is 1.38. The van der Waals surface area contributed by atoms with E-state index in [-0.39, 0.29) is 16.7 Å². The fraction of sp³-hybridized carbons (Fsp3) is 0.233. The molecule has 1 fully saturated rings. The van der Waals surface area contributed by atoms with Crippen molar-refractivity contribution in [3.63, 3.8) is 0 Å². The van der Waals surface area contributed by atoms with Crippen LogP contribution in [0.2, 0.25) is 0 Å². The van der Waals surface area contributed by atoms with Gasteiger partial charge in [-0.05, 0) is 47.6 Å². The van der Waals surface area contributed by atoms with Gasteiger partial charge >= 0.3 is 5.91 Å². The number of aliphatic hydroxyl groups is 1. The van der Waals surface area contributed by atoms with Crippen LogP contribution in [0.3, 0.4) is 0 Å². The Balaban J connectivity index is 1.73. The molecule has 1 amide bonds. The van der Waals surface area contributed by atoms with Gasteiger partial charge in [0.05, 0.1) is 21.8 Å². The zero-order chi connectivity index (χ0) is 25.8. The smallest absolute Gasteiger partial charge is 0.301 e. The number of aliphatic hydroxyl groups excluding tert-OH is 1. The average Bonchev–Trinajstić information content (AvgIpc) is 3.37. The van der Waals surface area contributed by atoms with Gasteiger partial charge in [0.2, 0.25) is 0 Å². The predicted octanol–water partition coefficient (Wildman–Crippen LogP) is 6.84. The Labute approximate surface area is 214 Å². The molecule has 182 valence electrons. The van der Waals surface area contributed by atoms with Crippen molar-refractivity contribution < 1.29 is 14.7 Å². The Hall–Kier alpha value is -3.77. The predicted molar refractivity (Wildman–Crippen MR) is 145 cm³/mol. The lowest BCUT2D eigenvalue weighted by Crippen LogP contribution is -2.29. The Kier molecular flexibility index (Phi) is 5.80. The number of hydrogen-bond donors (Lipinski definition) is 1. The number of fused-ring (bicyclic) bond motifs is 1. The van der Waals surface area contributed by atoms with Crippen LogP contribution in [0.25, 0.3) is 16.0 Å². The third kappa shape index (κ3) is 4.01. The number of ketones is 1. The summed E-state index contributed by atoms with van der Waals surface area (Å²) in [6, 6.07) is 20.1. The van der Waals surface area contributed by atoms with E-state index in [1.165, 1.54) is 16.2 Å². The van der Waals surface area contributed by atoms with Crippen molar-refractivity contribution in [3.8, 4) is 0 Å². The molecule has 1 aliphatic rings. The number of aromatic nitrogens is 1. The summed E-state index contributed by atoms with van der Waals surface area (Å²) in [5, 5.41) is 11.7. The van der Waals surface area contributed by atoms with Crippen LogP contribution < -0.4 is 4.90 Å². The fourth-order valence-electron chi connectivity index (χ4n) is 4.72. The number of nitrogens with zero attached hydrogens (tertiary/aromatic N) is 2. The number of aryl methyl sites for hydroxylation is 2. The maximum atomic E-state index is 13.5. The minimum absolute atomic E-state index is 0.0488. The third-order valence-electron chi connectivity index (χ3n) is 6.61. The molecule has 5 nitrogen and oxygen atoms in total. The van der Waals surface area contributed by atoms with Crippen LogP contribution in [0, 0.1) is 13.8 Å². The van der Waals surface area contributed by atoms with Crippen LogP contribution in [-0.2, 0) is 15.0 Å². The molecular weight excluding hydrogens is 468 g/mol. The lowest BCUT2D eigenvalue weighted by Gasteiger charge is -2.24. The van der Waals surface area contributed by atoms with E-state index in [0.29, 0.717) is 10.7 Å². The number of carbonyl (C=O) groups excluding carboxylic acids is 2. The number of carbonyl (C=O) groups is 2. The number of benzene rings is 3. The summed E-state index contributed by atoms with van der Waals surface area (Å²) in [6.07, 6.45) is 0. The summed E-state index contributed by atoms with van der Waals surface area (Å²) in [7, 11) is 0. The average molecular weight is 497 g/mol. The molecule has 4 aromatic rings. The topological polar surface area (TPSA) is 70.5 Å². The molecule has 0 spiro atoms. The highest BCUT2D eigenvalue weighted by atomic mass is 32.1. The Bertz CT molecular complexity index is 1530. The van der Waals surface area contributed by atoms with Crippen molar-refractivity contribution in [2.24, 2.45) is 0 Å². The first-order valence-electron chi connectivity index (χ1n) is 11.9. The summed E-state index contributed by atoms with van der Waals surface area (Å²) in [5.74, 6) is -1.59. The summed E-state index contributed by atoms with van der Waals surface area (Å²) in [6.45, 7) is 10.4. The van der Waals surface area contributed by atoms with E-state index >= 15 is 0 Å². The molecule has 0 saturated carbocycles. The minimum atomic E-state index is -0.791. The van der Waals surface area contributed by atoms with Crippen LogP contribution in [-0.4, -0.2) is 21.8 Å². The molecule has 0 aliphatic carbocycles. The van der Waals surface area contributed by atoms with Gasteiger partial charge in [0.15, 0.2) is 5.13 Å². The van der Waals surface area contributed by atoms with Crippen molar-refractivity contribution in [2.75, 3.05) is 4.90 Å². The molecule has 0 bridgehead atoms. The van der Waals surface area contributed by atoms with Crippen LogP contribution in [0.5, 0.6) is 0 Å². The van der Waals surface area contributed by atoms with Crippen molar-refractivity contribution >= 4 is 44.1 Å². The second-order valence-electron chi connectivity index (χ2n) is 10.3. The molecule has 1 aromatic heterocycles. The van der Waals surface area contributed by atoms with Crippen LogP contribution >= 0.6 is 11.3 Å². The molecule has 36 heavy (non-hydrogen) atoms. The third-order valence-corrected chi connectivity index (χ3v) is 7.61. The normalized spacial score (nSPS) is 17.8. The minimum Gasteiger partial charge on any atom is -0.507 e. The van der Waals surface area contributed by atoms with Crippen molar-refractivity contribution in [3.05, 3.63) is 100 Å². The lowest BCUT2D eigenvalue weighted by atomic mass is 9.85. The van der Waals surface area contributed by atoms with Gasteiger partial charge in [-0.25, -0.2) is 4.98 Å². The van der Waals surface area contributed by atoms with E-state index in [1.807, 2.05) is 50.2 Å². The highest BCUT2D eigenvalue weighted by molar-refractivity contribution is 7.22. The monoisotopic (exact) mass is 496 g/mol. The Morgan fingerprint density at radius 2 is 1.64 bits per heavy atom. The second-order valence-corrected chi connectivity index (χ2v) is 11.3. The van der Waals surface area contributed by atoms with Crippen molar-refractivity contribution in [1.82, 2.24) is 4.98 Å². The van der Waals surface area contributed by atoms with Crippen LogP contribution in [0.1, 0.15) is 54.6 Å². The summed E-state index contributed by atoms with van der Waals surface area (Å²) < 4.78 is 0.953. The quantitative estimate of drug-likeness (QED) is 0.192. The van der Waals surface area contributed by atoms with Gasteiger partial charge < -0.3 is 5.11 Å². The van der Waals surface area contributed by atoms with Crippen molar-refractivity contribution in [2.45, 2.75) is 46.1 Å². The molecule has 5 rings (SSSR count). The van der Waals surface area contributed by atoms with Gasteiger partial charge in [-0.15, -0.1) is 0 Å². The SMILES string of the molecule is Cc1cc(C)c2nc(N3C(=O)C(=O)C(=C(O)c4ccccc4)[C@H]3c3ccc(C(C)(C)C)cc3)sc2c1. The van der Waals surface area contributed by atoms with Gasteiger partial charge in [-0.1, -0.05) is 92.8 Å². The molecule has 0 radical (unpaired) electrons. The van der Waals surface area contributed by atoms with E-state index in [1.54, 1.807) is 24.3 Å². The van der Waals surface area contributed by atoms with Gasteiger partial charge in [-0.2, -0.15) is 0 Å². The van der Waals surface area contributed by atoms with Gasteiger partial charge in [0, 0.05) is 5.56 Å². The second kappa shape index (κ2) is 8.71. The summed E-state index contributed by atoms with van der Waals surface area (Å²) in [4.78, 5) is 33.1. The highest BCUT2D eigenvalue weighted by Crippen LogP contribution is 2.45. The Morgan fingerprint density at radius 1 is 0.972 bits per heavy atom. The first-order chi connectivity index (χ1) is 17.1.